The summed E-state index contributed by atoms with van der Waals surface area (Å²) in [6.07, 6.45) is 17.7. The third kappa shape index (κ3) is 9.14. The highest BCUT2D eigenvalue weighted by atomic mass is 16.5. The number of anilines is 3. The fraction of sp³-hybridized carbons (Fsp3) is 0.125. The molecule has 0 atom stereocenters. The van der Waals surface area contributed by atoms with Crippen LogP contribution >= 0.6 is 0 Å². The molecule has 0 spiro atoms. The highest BCUT2D eigenvalue weighted by Crippen LogP contribution is 2.40. The average molecular weight is 669 g/mol. The van der Waals surface area contributed by atoms with Crippen molar-refractivity contribution < 1.29 is 4.74 Å². The second-order valence-corrected chi connectivity index (χ2v) is 12.3. The van der Waals surface area contributed by atoms with Crippen molar-refractivity contribution >= 4 is 22.6 Å². The minimum absolute atomic E-state index is 0.289. The summed E-state index contributed by atoms with van der Waals surface area (Å²) >= 11 is 0. The molecule has 0 saturated heterocycles. The van der Waals surface area contributed by atoms with Gasteiger partial charge < -0.3 is 14.5 Å². The van der Waals surface area contributed by atoms with Crippen molar-refractivity contribution in [3.05, 3.63) is 224 Å². The molecule has 3 nitrogen and oxygen atoms in total. The molecule has 51 heavy (non-hydrogen) atoms. The van der Waals surface area contributed by atoms with E-state index in [4.69, 9.17) is 4.74 Å². The normalized spacial score (nSPS) is 12.2. The number of aryl methyl sites for hydroxylation is 1. The molecule has 0 amide bonds. The first-order valence-electron chi connectivity index (χ1n) is 17.6. The third-order valence-corrected chi connectivity index (χ3v) is 9.10. The Bertz CT molecular complexity index is 1950. The predicted molar refractivity (Wildman–Crippen MR) is 219 cm³/mol. The number of nitrogens with zero attached hydrogens (tertiary/aromatic N) is 2. The summed E-state index contributed by atoms with van der Waals surface area (Å²) in [5.41, 5.74) is 7.55. The number of allylic oxidation sites excluding steroid dienone is 7. The first-order chi connectivity index (χ1) is 25.0. The molecule has 5 aromatic rings. The maximum atomic E-state index is 6.65. The molecule has 0 aromatic heterocycles. The molecule has 0 unspecified atom stereocenters. The summed E-state index contributed by atoms with van der Waals surface area (Å²) in [6.45, 7) is 14.5. The summed E-state index contributed by atoms with van der Waals surface area (Å²) in [4.78, 5) is 4.54. The lowest BCUT2D eigenvalue weighted by atomic mass is 9.82. The van der Waals surface area contributed by atoms with E-state index >= 15 is 0 Å². The number of ether oxygens (including phenoxy) is 1. The van der Waals surface area contributed by atoms with Crippen molar-refractivity contribution in [3.8, 4) is 5.75 Å². The first kappa shape index (κ1) is 36.2. The Balaban J connectivity index is 1.51. The van der Waals surface area contributed by atoms with Crippen LogP contribution in [0.4, 0.5) is 17.1 Å². The van der Waals surface area contributed by atoms with Crippen LogP contribution in [0.5, 0.6) is 5.75 Å². The van der Waals surface area contributed by atoms with E-state index in [0.717, 1.165) is 46.8 Å². The van der Waals surface area contributed by atoms with Crippen molar-refractivity contribution in [1.29, 1.82) is 0 Å². The molecule has 256 valence electrons. The Morgan fingerprint density at radius 1 is 0.647 bits per heavy atom. The largest absolute Gasteiger partial charge is 0.456 e. The van der Waals surface area contributed by atoms with Gasteiger partial charge in [-0.25, -0.2) is 0 Å². The summed E-state index contributed by atoms with van der Waals surface area (Å²) < 4.78 is 6.65. The monoisotopic (exact) mass is 668 g/mol. The Kier molecular flexibility index (Phi) is 12.8. The van der Waals surface area contributed by atoms with E-state index in [-0.39, 0.29) is 5.54 Å². The van der Waals surface area contributed by atoms with Gasteiger partial charge in [0.15, 0.2) is 0 Å². The van der Waals surface area contributed by atoms with Crippen LogP contribution in [-0.4, -0.2) is 0 Å². The zero-order valence-corrected chi connectivity index (χ0v) is 30.0. The zero-order chi connectivity index (χ0) is 35.9. The van der Waals surface area contributed by atoms with Gasteiger partial charge in [0.05, 0.1) is 5.54 Å². The molecule has 0 N–H and O–H groups in total. The van der Waals surface area contributed by atoms with Gasteiger partial charge >= 0.3 is 0 Å². The topological polar surface area (TPSA) is 15.7 Å². The lowest BCUT2D eigenvalue weighted by molar-refractivity contribution is 0.387. The number of hydrogen-bond donors (Lipinski definition) is 0. The van der Waals surface area contributed by atoms with Crippen LogP contribution in [0.1, 0.15) is 43.4 Å². The van der Waals surface area contributed by atoms with E-state index in [0.29, 0.717) is 5.76 Å². The Labute approximate surface area is 305 Å². The number of rotatable bonds is 16. The number of hydrogen-bond acceptors (Lipinski definition) is 3. The fourth-order valence-electron chi connectivity index (χ4n) is 6.31. The summed E-state index contributed by atoms with van der Waals surface area (Å²) in [5.74, 6) is 1.43. The molecule has 0 bridgehead atoms. The number of para-hydroxylation sites is 2. The van der Waals surface area contributed by atoms with Crippen molar-refractivity contribution in [2.45, 2.75) is 39.2 Å². The van der Waals surface area contributed by atoms with Gasteiger partial charge in [-0.2, -0.15) is 0 Å². The van der Waals surface area contributed by atoms with Crippen molar-refractivity contribution in [3.63, 3.8) is 0 Å². The van der Waals surface area contributed by atoms with Crippen LogP contribution in [0.3, 0.4) is 0 Å². The average Bonchev–Trinajstić information content (AvgIpc) is 3.19. The Morgan fingerprint density at radius 2 is 1.22 bits per heavy atom. The van der Waals surface area contributed by atoms with Crippen molar-refractivity contribution in [2.24, 2.45) is 0 Å². The molecular formula is C48H48N2O. The van der Waals surface area contributed by atoms with Gasteiger partial charge in [0, 0.05) is 29.5 Å². The summed E-state index contributed by atoms with van der Waals surface area (Å²) in [6, 6.07) is 48.4. The SMILES string of the molecule is C=CC=C/C(=C\N(c1ccccc1)C(CC)(CC)c1ccccc1)Oc1ccc(N(/C=C\C(=C/C=C)c2ccc(C)cc2)c2ccccc2)cc1. The van der Waals surface area contributed by atoms with Crippen LogP contribution < -0.4 is 14.5 Å². The Hall–Kier alpha value is -6.06. The lowest BCUT2D eigenvalue weighted by Gasteiger charge is -2.43. The van der Waals surface area contributed by atoms with Gasteiger partial charge in [-0.15, -0.1) is 0 Å². The fourth-order valence-corrected chi connectivity index (χ4v) is 6.31. The third-order valence-electron chi connectivity index (χ3n) is 9.10. The van der Waals surface area contributed by atoms with Crippen LogP contribution in [0.25, 0.3) is 5.57 Å². The minimum Gasteiger partial charge on any atom is -0.456 e. The van der Waals surface area contributed by atoms with Crippen LogP contribution in [0.2, 0.25) is 0 Å². The molecule has 0 aliphatic carbocycles. The van der Waals surface area contributed by atoms with E-state index in [1.807, 2.05) is 42.5 Å². The second kappa shape index (κ2) is 18.1. The molecular weight excluding hydrogens is 621 g/mol. The molecule has 0 heterocycles. The lowest BCUT2D eigenvalue weighted by Crippen LogP contribution is -2.43. The van der Waals surface area contributed by atoms with Crippen molar-refractivity contribution in [1.82, 2.24) is 0 Å². The van der Waals surface area contributed by atoms with E-state index in [2.05, 4.69) is 184 Å². The quantitative estimate of drug-likeness (QED) is 0.0769. The summed E-state index contributed by atoms with van der Waals surface area (Å²) in [7, 11) is 0. The maximum absolute atomic E-state index is 6.65. The van der Waals surface area contributed by atoms with E-state index in [1.54, 1.807) is 6.08 Å². The van der Waals surface area contributed by atoms with Gasteiger partial charge in [0.2, 0.25) is 0 Å². The van der Waals surface area contributed by atoms with E-state index in [9.17, 15) is 0 Å². The smallest absolute Gasteiger partial charge is 0.143 e. The van der Waals surface area contributed by atoms with Crippen LogP contribution in [0.15, 0.2) is 207 Å². The van der Waals surface area contributed by atoms with Gasteiger partial charge in [-0.1, -0.05) is 148 Å². The second-order valence-electron chi connectivity index (χ2n) is 12.3. The summed E-state index contributed by atoms with van der Waals surface area (Å²) in [5, 5.41) is 0. The maximum Gasteiger partial charge on any atom is 0.143 e. The Morgan fingerprint density at radius 3 is 1.78 bits per heavy atom. The molecule has 0 radical (unpaired) electrons. The highest BCUT2D eigenvalue weighted by molar-refractivity contribution is 5.77. The standard InChI is InChI=1S/C48H48N2O/c1-6-10-27-47(38-50(45-25-18-13-19-26-45)48(8-3,9-4)42-21-14-11-15-22-42)51-46-34-32-44(33-35-46)49(43-23-16-12-17-24-43)37-36-40(20-7-2)41-30-28-39(5)29-31-41/h6-7,10-38H,1-2,8-9H2,3-5H3/b27-10?,37-36-,40-20+,47-38+. The van der Waals surface area contributed by atoms with E-state index < -0.39 is 0 Å². The minimum atomic E-state index is -0.289. The van der Waals surface area contributed by atoms with Gasteiger partial charge in [-0.3, -0.25) is 0 Å². The van der Waals surface area contributed by atoms with Crippen LogP contribution in [0, 0.1) is 6.92 Å². The van der Waals surface area contributed by atoms with Gasteiger partial charge in [0.25, 0.3) is 0 Å². The number of benzene rings is 5. The molecule has 5 rings (SSSR count). The molecule has 0 aliphatic heterocycles. The zero-order valence-electron chi connectivity index (χ0n) is 30.0. The van der Waals surface area contributed by atoms with E-state index in [1.165, 1.54) is 11.1 Å². The van der Waals surface area contributed by atoms with Gasteiger partial charge in [-0.05, 0) is 97.1 Å². The molecule has 0 saturated carbocycles. The molecule has 3 heteroatoms. The predicted octanol–water partition coefficient (Wildman–Crippen LogP) is 13.1. The highest BCUT2D eigenvalue weighted by Gasteiger charge is 2.35. The molecule has 5 aromatic carbocycles. The molecule has 0 aliphatic rings. The van der Waals surface area contributed by atoms with Crippen molar-refractivity contribution in [2.75, 3.05) is 9.80 Å². The first-order valence-corrected chi connectivity index (χ1v) is 17.6. The van der Waals surface area contributed by atoms with Crippen LogP contribution in [-0.2, 0) is 5.54 Å². The molecule has 0 fully saturated rings. The van der Waals surface area contributed by atoms with Gasteiger partial charge in [0.1, 0.15) is 11.5 Å².